The van der Waals surface area contributed by atoms with Crippen molar-refractivity contribution < 1.29 is 19.1 Å². The highest BCUT2D eigenvalue weighted by Crippen LogP contribution is 2.40. The lowest BCUT2D eigenvalue weighted by Crippen LogP contribution is -2.20. The Morgan fingerprint density at radius 2 is 1.39 bits per heavy atom. The van der Waals surface area contributed by atoms with Crippen LogP contribution in [-0.4, -0.2) is 40.1 Å². The van der Waals surface area contributed by atoms with Crippen LogP contribution in [0.2, 0.25) is 0 Å². The Labute approximate surface area is 164 Å². The maximum absolute atomic E-state index is 12.4. The molecule has 2 N–H and O–H groups in total. The van der Waals surface area contributed by atoms with Crippen LogP contribution in [0.1, 0.15) is 6.42 Å². The van der Waals surface area contributed by atoms with Gasteiger partial charge in [-0.1, -0.05) is 0 Å². The molecule has 2 aromatic rings. The molecule has 0 aromatic heterocycles. The number of carbonyl (C=O) groups excluding carboxylic acids is 2. The summed E-state index contributed by atoms with van der Waals surface area (Å²) in [7, 11) is 7.01. The van der Waals surface area contributed by atoms with E-state index in [2.05, 4.69) is 10.6 Å². The molecule has 0 bridgehead atoms. The molecule has 0 saturated heterocycles. The highest BCUT2D eigenvalue weighted by molar-refractivity contribution is 6.03. The summed E-state index contributed by atoms with van der Waals surface area (Å²) in [4.78, 5) is 26.8. The molecule has 0 radical (unpaired) electrons. The van der Waals surface area contributed by atoms with Crippen LogP contribution in [0.5, 0.6) is 11.5 Å². The van der Waals surface area contributed by atoms with Gasteiger partial charge in [0, 0.05) is 37.2 Å². The Hall–Kier alpha value is -3.22. The van der Waals surface area contributed by atoms with Crippen LogP contribution in [0.4, 0.5) is 17.1 Å². The molecule has 1 fully saturated rings. The molecule has 1 saturated carbocycles. The number of carbonyl (C=O) groups is 2. The van der Waals surface area contributed by atoms with Crippen LogP contribution in [0.15, 0.2) is 42.5 Å². The van der Waals surface area contributed by atoms with E-state index in [1.807, 2.05) is 43.3 Å². The zero-order valence-electron chi connectivity index (χ0n) is 16.5. The van der Waals surface area contributed by atoms with E-state index < -0.39 is 0 Å². The molecule has 2 amide bonds. The summed E-state index contributed by atoms with van der Waals surface area (Å²) >= 11 is 0. The predicted octanol–water partition coefficient (Wildman–Crippen LogP) is 2.98. The number of methoxy groups -OCH3 is 2. The van der Waals surface area contributed by atoms with Gasteiger partial charge in [0.2, 0.25) is 11.8 Å². The Balaban J connectivity index is 1.55. The Morgan fingerprint density at radius 1 is 0.857 bits per heavy atom. The van der Waals surface area contributed by atoms with Crippen LogP contribution in [0, 0.1) is 11.8 Å². The Morgan fingerprint density at radius 3 is 1.93 bits per heavy atom. The van der Waals surface area contributed by atoms with Gasteiger partial charge in [0.25, 0.3) is 0 Å². The summed E-state index contributed by atoms with van der Waals surface area (Å²) in [6.45, 7) is 0. The monoisotopic (exact) mass is 383 g/mol. The smallest absolute Gasteiger partial charge is 0.228 e. The normalized spacial score (nSPS) is 17.4. The molecular formula is C21H25N3O4. The van der Waals surface area contributed by atoms with Gasteiger partial charge in [0.15, 0.2) is 11.5 Å². The van der Waals surface area contributed by atoms with Crippen molar-refractivity contribution in [2.75, 3.05) is 43.8 Å². The average molecular weight is 383 g/mol. The summed E-state index contributed by atoms with van der Waals surface area (Å²) in [6.07, 6.45) is 0.542. The summed E-state index contributed by atoms with van der Waals surface area (Å²) in [5, 5.41) is 5.72. The first-order valence-electron chi connectivity index (χ1n) is 9.04. The molecular weight excluding hydrogens is 358 g/mol. The van der Waals surface area contributed by atoms with Gasteiger partial charge in [0.05, 0.1) is 26.1 Å². The van der Waals surface area contributed by atoms with Crippen molar-refractivity contribution in [1.29, 1.82) is 0 Å². The molecule has 0 heterocycles. The van der Waals surface area contributed by atoms with Gasteiger partial charge in [-0.2, -0.15) is 0 Å². The van der Waals surface area contributed by atoms with Gasteiger partial charge in [-0.3, -0.25) is 9.59 Å². The fourth-order valence-electron chi connectivity index (χ4n) is 3.00. The molecule has 3 rings (SSSR count). The molecule has 0 spiro atoms. The summed E-state index contributed by atoms with van der Waals surface area (Å²) in [5.74, 6) is 0.180. The predicted molar refractivity (Wildman–Crippen MR) is 109 cm³/mol. The van der Waals surface area contributed by atoms with E-state index in [1.165, 1.54) is 7.11 Å². The number of ether oxygens (including phenoxy) is 2. The molecule has 0 aliphatic heterocycles. The van der Waals surface area contributed by atoms with E-state index in [9.17, 15) is 9.59 Å². The first-order valence-corrected chi connectivity index (χ1v) is 9.04. The third-order valence-corrected chi connectivity index (χ3v) is 4.77. The minimum atomic E-state index is -0.325. The summed E-state index contributed by atoms with van der Waals surface area (Å²) in [6, 6.07) is 12.7. The number of anilines is 3. The molecule has 2 atom stereocenters. The number of nitrogens with one attached hydrogen (secondary N) is 2. The number of hydrogen-bond donors (Lipinski definition) is 2. The van der Waals surface area contributed by atoms with Crippen LogP contribution >= 0.6 is 0 Å². The first-order chi connectivity index (χ1) is 13.4. The maximum atomic E-state index is 12.4. The molecule has 28 heavy (non-hydrogen) atoms. The SMILES string of the molecule is COc1ccc(NC(=O)C2CC2C(=O)Nc2ccc(N(C)C)cc2)cc1OC. The van der Waals surface area contributed by atoms with E-state index in [0.717, 1.165) is 11.4 Å². The highest BCUT2D eigenvalue weighted by atomic mass is 16.5. The highest BCUT2D eigenvalue weighted by Gasteiger charge is 2.48. The van der Waals surface area contributed by atoms with Gasteiger partial charge in [-0.15, -0.1) is 0 Å². The molecule has 1 aliphatic rings. The van der Waals surface area contributed by atoms with Gasteiger partial charge in [-0.25, -0.2) is 0 Å². The lowest BCUT2D eigenvalue weighted by molar-refractivity contribution is -0.122. The van der Waals surface area contributed by atoms with E-state index in [4.69, 9.17) is 9.47 Å². The first kappa shape index (κ1) is 19.5. The minimum absolute atomic E-state index is 0.134. The Kier molecular flexibility index (Phi) is 5.73. The fourth-order valence-corrected chi connectivity index (χ4v) is 3.00. The molecule has 148 valence electrons. The quantitative estimate of drug-likeness (QED) is 0.768. The minimum Gasteiger partial charge on any atom is -0.493 e. The second kappa shape index (κ2) is 8.21. The lowest BCUT2D eigenvalue weighted by Gasteiger charge is -2.13. The summed E-state index contributed by atoms with van der Waals surface area (Å²) < 4.78 is 10.4. The number of rotatable bonds is 7. The molecule has 7 nitrogen and oxygen atoms in total. The topological polar surface area (TPSA) is 79.9 Å². The van der Waals surface area contributed by atoms with Crippen molar-refractivity contribution in [3.05, 3.63) is 42.5 Å². The van der Waals surface area contributed by atoms with E-state index in [0.29, 0.717) is 23.6 Å². The zero-order valence-corrected chi connectivity index (χ0v) is 16.5. The van der Waals surface area contributed by atoms with Gasteiger partial charge in [0.1, 0.15) is 0 Å². The van der Waals surface area contributed by atoms with Crippen molar-refractivity contribution in [3.8, 4) is 11.5 Å². The molecule has 2 unspecified atom stereocenters. The maximum Gasteiger partial charge on any atom is 0.228 e. The van der Waals surface area contributed by atoms with Crippen molar-refractivity contribution in [2.45, 2.75) is 6.42 Å². The van der Waals surface area contributed by atoms with Crippen LogP contribution in [0.3, 0.4) is 0 Å². The number of amides is 2. The summed E-state index contributed by atoms with van der Waals surface area (Å²) in [5.41, 5.74) is 2.38. The van der Waals surface area contributed by atoms with E-state index in [1.54, 1.807) is 25.3 Å². The lowest BCUT2D eigenvalue weighted by atomic mass is 10.2. The molecule has 1 aliphatic carbocycles. The fraction of sp³-hybridized carbons (Fsp3) is 0.333. The van der Waals surface area contributed by atoms with Gasteiger partial charge in [-0.05, 0) is 42.8 Å². The van der Waals surface area contributed by atoms with Gasteiger partial charge < -0.3 is 25.0 Å². The van der Waals surface area contributed by atoms with Crippen molar-refractivity contribution >= 4 is 28.9 Å². The van der Waals surface area contributed by atoms with Crippen LogP contribution < -0.4 is 25.0 Å². The zero-order chi connectivity index (χ0) is 20.3. The van der Waals surface area contributed by atoms with E-state index >= 15 is 0 Å². The van der Waals surface area contributed by atoms with Crippen molar-refractivity contribution in [3.63, 3.8) is 0 Å². The van der Waals surface area contributed by atoms with E-state index in [-0.39, 0.29) is 23.7 Å². The third kappa shape index (κ3) is 4.36. The number of nitrogens with zero attached hydrogens (tertiary/aromatic N) is 1. The molecule has 2 aromatic carbocycles. The third-order valence-electron chi connectivity index (χ3n) is 4.77. The second-order valence-electron chi connectivity index (χ2n) is 6.94. The van der Waals surface area contributed by atoms with Crippen molar-refractivity contribution in [1.82, 2.24) is 0 Å². The molecule has 7 heteroatoms. The largest absolute Gasteiger partial charge is 0.493 e. The van der Waals surface area contributed by atoms with Crippen LogP contribution in [0.25, 0.3) is 0 Å². The number of benzene rings is 2. The van der Waals surface area contributed by atoms with Crippen LogP contribution in [-0.2, 0) is 9.59 Å². The Bertz CT molecular complexity index is 864. The standard InChI is InChI=1S/C21H25N3O4/c1-24(2)15-8-5-13(6-9-15)22-20(25)16-12-17(16)21(26)23-14-7-10-18(27-3)19(11-14)28-4/h5-11,16-17H,12H2,1-4H3,(H,22,25)(H,23,26). The van der Waals surface area contributed by atoms with Crippen molar-refractivity contribution in [2.24, 2.45) is 11.8 Å². The average Bonchev–Trinajstić information content (AvgIpc) is 3.49. The number of hydrogen-bond acceptors (Lipinski definition) is 5. The second-order valence-corrected chi connectivity index (χ2v) is 6.94. The van der Waals surface area contributed by atoms with Gasteiger partial charge >= 0.3 is 0 Å².